The molecule has 7 nitrogen and oxygen atoms in total. The summed E-state index contributed by atoms with van der Waals surface area (Å²) < 4.78 is 51.3. The molecule has 0 aliphatic carbocycles. The Morgan fingerprint density at radius 3 is 2.59 bits per heavy atom. The zero-order chi connectivity index (χ0) is 20.6. The predicted molar refractivity (Wildman–Crippen MR) is 99.5 cm³/mol. The number of nitrogens with zero attached hydrogens (tertiary/aromatic N) is 4. The molecule has 0 unspecified atom stereocenters. The number of aromatic nitrogens is 4. The minimum absolute atomic E-state index is 0.115. The summed E-state index contributed by atoms with van der Waals surface area (Å²) in [6, 6.07) is 7.15. The Kier molecular flexibility index (Phi) is 5.03. The second kappa shape index (κ2) is 7.51. The molecule has 2 aromatic heterocycles. The van der Waals surface area contributed by atoms with Crippen molar-refractivity contribution in [2.75, 3.05) is 18.5 Å². The predicted octanol–water partition coefficient (Wildman–Crippen LogP) is 4.06. The molecule has 3 heterocycles. The Bertz CT molecular complexity index is 1030. The van der Waals surface area contributed by atoms with E-state index in [1.165, 1.54) is 0 Å². The van der Waals surface area contributed by atoms with Crippen LogP contribution in [-0.2, 0) is 10.9 Å². The molecular formula is C19H20F3N5O2. The summed E-state index contributed by atoms with van der Waals surface area (Å²) in [7, 11) is 0. The lowest BCUT2D eigenvalue weighted by molar-refractivity contribution is -0.144. The lowest BCUT2D eigenvalue weighted by atomic mass is 10.1. The molecule has 0 saturated carbocycles. The Hall–Kier alpha value is -2.88. The van der Waals surface area contributed by atoms with Gasteiger partial charge in [0.2, 0.25) is 0 Å². The largest absolute Gasteiger partial charge is 0.490 e. The normalized spacial score (nSPS) is 15.6. The van der Waals surface area contributed by atoms with Crippen molar-refractivity contribution in [2.45, 2.75) is 39.0 Å². The summed E-state index contributed by atoms with van der Waals surface area (Å²) >= 11 is 0. The standard InChI is InChI=1S/C19H20F3N5O2/c1-11-9-13(3-4-15(11)29-14-5-7-28-8-6-14)24-16-10-12(2)23-18-25-17(19(20,21)22)26-27(16)18/h3-4,9-10,14,24H,5-8H2,1-2H3. The molecule has 1 aliphatic rings. The molecule has 1 saturated heterocycles. The molecule has 0 bridgehead atoms. The molecule has 0 amide bonds. The Morgan fingerprint density at radius 2 is 1.90 bits per heavy atom. The highest BCUT2D eigenvalue weighted by atomic mass is 19.4. The van der Waals surface area contributed by atoms with E-state index in [-0.39, 0.29) is 11.9 Å². The molecule has 1 N–H and O–H groups in total. The maximum absolute atomic E-state index is 13.0. The second-order valence-electron chi connectivity index (χ2n) is 6.96. The lowest BCUT2D eigenvalue weighted by Gasteiger charge is -2.24. The van der Waals surface area contributed by atoms with Gasteiger partial charge in [-0.1, -0.05) is 0 Å². The van der Waals surface area contributed by atoms with Crippen molar-refractivity contribution in [1.82, 2.24) is 19.6 Å². The van der Waals surface area contributed by atoms with Gasteiger partial charge >= 0.3 is 6.18 Å². The minimum Gasteiger partial charge on any atom is -0.490 e. The third-order valence-corrected chi connectivity index (χ3v) is 4.60. The van der Waals surface area contributed by atoms with Gasteiger partial charge in [0.1, 0.15) is 17.7 Å². The minimum atomic E-state index is -4.64. The van der Waals surface area contributed by atoms with Gasteiger partial charge in [0.25, 0.3) is 11.6 Å². The lowest BCUT2D eigenvalue weighted by Crippen LogP contribution is -2.26. The molecule has 0 spiro atoms. The monoisotopic (exact) mass is 407 g/mol. The summed E-state index contributed by atoms with van der Waals surface area (Å²) in [6.07, 6.45) is -2.82. The summed E-state index contributed by atoms with van der Waals surface area (Å²) in [5.74, 6) is -0.224. The topological polar surface area (TPSA) is 73.6 Å². The number of hydrogen-bond donors (Lipinski definition) is 1. The highest BCUT2D eigenvalue weighted by Gasteiger charge is 2.36. The van der Waals surface area contributed by atoms with Crippen LogP contribution in [0.25, 0.3) is 5.78 Å². The molecule has 1 fully saturated rings. The first-order valence-electron chi connectivity index (χ1n) is 9.23. The summed E-state index contributed by atoms with van der Waals surface area (Å²) in [5, 5.41) is 6.66. The average Bonchev–Trinajstić information content (AvgIpc) is 3.09. The van der Waals surface area contributed by atoms with Crippen LogP contribution in [0.2, 0.25) is 0 Å². The van der Waals surface area contributed by atoms with Crippen LogP contribution in [0.15, 0.2) is 24.3 Å². The van der Waals surface area contributed by atoms with Crippen molar-refractivity contribution in [3.05, 3.63) is 41.3 Å². The van der Waals surface area contributed by atoms with E-state index in [2.05, 4.69) is 20.4 Å². The smallest absolute Gasteiger partial charge is 0.453 e. The van der Waals surface area contributed by atoms with E-state index in [0.717, 1.165) is 28.7 Å². The average molecular weight is 407 g/mol. The fourth-order valence-corrected chi connectivity index (χ4v) is 3.18. The van der Waals surface area contributed by atoms with Crippen LogP contribution in [0.3, 0.4) is 0 Å². The van der Waals surface area contributed by atoms with Crippen LogP contribution in [0.1, 0.15) is 29.9 Å². The maximum Gasteiger partial charge on any atom is 0.453 e. The van der Waals surface area contributed by atoms with E-state index >= 15 is 0 Å². The molecule has 10 heteroatoms. The van der Waals surface area contributed by atoms with Crippen molar-refractivity contribution >= 4 is 17.3 Å². The van der Waals surface area contributed by atoms with Crippen LogP contribution in [0, 0.1) is 13.8 Å². The van der Waals surface area contributed by atoms with Gasteiger partial charge in [0.15, 0.2) is 0 Å². The number of ether oxygens (including phenoxy) is 2. The third kappa shape index (κ3) is 4.26. The second-order valence-corrected chi connectivity index (χ2v) is 6.96. The quantitative estimate of drug-likeness (QED) is 0.703. The fraction of sp³-hybridized carbons (Fsp3) is 0.421. The molecule has 4 rings (SSSR count). The number of hydrogen-bond acceptors (Lipinski definition) is 6. The number of nitrogens with one attached hydrogen (secondary N) is 1. The molecule has 29 heavy (non-hydrogen) atoms. The highest BCUT2D eigenvalue weighted by Crippen LogP contribution is 2.29. The van der Waals surface area contributed by atoms with Crippen LogP contribution in [0.4, 0.5) is 24.7 Å². The number of aryl methyl sites for hydroxylation is 2. The van der Waals surface area contributed by atoms with E-state index in [4.69, 9.17) is 9.47 Å². The van der Waals surface area contributed by atoms with Crippen LogP contribution in [-0.4, -0.2) is 38.9 Å². The fourth-order valence-electron chi connectivity index (χ4n) is 3.18. The first-order chi connectivity index (χ1) is 13.8. The molecule has 0 radical (unpaired) electrons. The Balaban J connectivity index is 1.59. The van der Waals surface area contributed by atoms with Gasteiger partial charge in [-0.2, -0.15) is 22.7 Å². The third-order valence-electron chi connectivity index (χ3n) is 4.60. The van der Waals surface area contributed by atoms with Crippen LogP contribution >= 0.6 is 0 Å². The Morgan fingerprint density at radius 1 is 1.14 bits per heavy atom. The van der Waals surface area contributed by atoms with Crippen molar-refractivity contribution in [1.29, 1.82) is 0 Å². The van der Waals surface area contributed by atoms with Gasteiger partial charge in [0, 0.05) is 30.3 Å². The van der Waals surface area contributed by atoms with Gasteiger partial charge in [0.05, 0.1) is 13.2 Å². The van der Waals surface area contributed by atoms with Crippen LogP contribution < -0.4 is 10.1 Å². The van der Waals surface area contributed by atoms with Crippen molar-refractivity contribution in [3.8, 4) is 5.75 Å². The first kappa shape index (κ1) is 19.4. The van der Waals surface area contributed by atoms with Crippen molar-refractivity contribution < 1.29 is 22.6 Å². The number of benzene rings is 1. The SMILES string of the molecule is Cc1cc(Nc2ccc(OC3CCOCC3)c(C)c2)n2nc(C(F)(F)F)nc2n1. The van der Waals surface area contributed by atoms with E-state index in [9.17, 15) is 13.2 Å². The molecule has 154 valence electrons. The van der Waals surface area contributed by atoms with Gasteiger partial charge in [-0.3, -0.25) is 0 Å². The molecular weight excluding hydrogens is 387 g/mol. The van der Waals surface area contributed by atoms with E-state index < -0.39 is 12.0 Å². The number of rotatable bonds is 4. The van der Waals surface area contributed by atoms with Gasteiger partial charge in [-0.25, -0.2) is 4.98 Å². The van der Waals surface area contributed by atoms with Crippen molar-refractivity contribution in [3.63, 3.8) is 0 Å². The van der Waals surface area contributed by atoms with E-state index in [1.807, 2.05) is 25.1 Å². The molecule has 3 aromatic rings. The van der Waals surface area contributed by atoms with Gasteiger partial charge in [-0.15, -0.1) is 5.10 Å². The zero-order valence-electron chi connectivity index (χ0n) is 16.0. The number of halogens is 3. The maximum atomic E-state index is 13.0. The molecule has 0 atom stereocenters. The first-order valence-corrected chi connectivity index (χ1v) is 9.23. The number of fused-ring (bicyclic) bond motifs is 1. The summed E-state index contributed by atoms with van der Waals surface area (Å²) in [6.45, 7) is 4.99. The number of alkyl halides is 3. The molecule has 1 aromatic carbocycles. The summed E-state index contributed by atoms with van der Waals surface area (Å²) in [4.78, 5) is 7.52. The Labute approximate surface area is 164 Å². The molecule has 1 aliphatic heterocycles. The number of anilines is 2. The van der Waals surface area contributed by atoms with Gasteiger partial charge < -0.3 is 14.8 Å². The van der Waals surface area contributed by atoms with E-state index in [0.29, 0.717) is 30.4 Å². The van der Waals surface area contributed by atoms with Gasteiger partial charge in [-0.05, 0) is 37.6 Å². The van der Waals surface area contributed by atoms with Crippen LogP contribution in [0.5, 0.6) is 5.75 Å². The van der Waals surface area contributed by atoms with E-state index in [1.54, 1.807) is 13.0 Å². The zero-order valence-corrected chi connectivity index (χ0v) is 16.0. The summed E-state index contributed by atoms with van der Waals surface area (Å²) in [5.41, 5.74) is 2.13. The highest BCUT2D eigenvalue weighted by molar-refractivity contribution is 5.61. The van der Waals surface area contributed by atoms with Crippen molar-refractivity contribution in [2.24, 2.45) is 0 Å².